The first-order valence-electron chi connectivity index (χ1n) is 12.7. The summed E-state index contributed by atoms with van der Waals surface area (Å²) in [5, 5.41) is 12.1. The van der Waals surface area contributed by atoms with Gasteiger partial charge in [0.1, 0.15) is 11.2 Å². The van der Waals surface area contributed by atoms with Gasteiger partial charge in [0.15, 0.2) is 11.5 Å². The molecule has 1 aliphatic carbocycles. The Bertz CT molecular complexity index is 1680. The van der Waals surface area contributed by atoms with Gasteiger partial charge in [0.2, 0.25) is 0 Å². The van der Waals surface area contributed by atoms with Crippen molar-refractivity contribution in [3.05, 3.63) is 67.3 Å². The van der Waals surface area contributed by atoms with Crippen LogP contribution in [-0.4, -0.2) is 41.7 Å². The van der Waals surface area contributed by atoms with E-state index in [0.717, 1.165) is 57.7 Å². The Labute approximate surface area is 212 Å². The van der Waals surface area contributed by atoms with Crippen molar-refractivity contribution in [1.29, 1.82) is 0 Å². The van der Waals surface area contributed by atoms with Gasteiger partial charge in [-0.1, -0.05) is 12.8 Å². The zero-order chi connectivity index (χ0) is 24.6. The molecule has 9 heteroatoms. The number of aromatic amines is 2. The number of hydrogen-bond donors (Lipinski definition) is 3. The number of pyridine rings is 3. The Morgan fingerprint density at radius 3 is 2.76 bits per heavy atom. The van der Waals surface area contributed by atoms with Gasteiger partial charge in [-0.25, -0.2) is 9.97 Å². The number of fused-ring (bicyclic) bond motifs is 2. The Morgan fingerprint density at radius 2 is 1.86 bits per heavy atom. The van der Waals surface area contributed by atoms with Gasteiger partial charge in [-0.2, -0.15) is 5.10 Å². The van der Waals surface area contributed by atoms with Crippen LogP contribution in [0.3, 0.4) is 0 Å². The van der Waals surface area contributed by atoms with E-state index in [4.69, 9.17) is 9.40 Å². The van der Waals surface area contributed by atoms with Crippen molar-refractivity contribution in [2.45, 2.75) is 32.2 Å². The second-order valence-electron chi connectivity index (χ2n) is 9.74. The first-order valence-corrected chi connectivity index (χ1v) is 12.7. The number of H-pyrrole nitrogens is 2. The molecule has 0 unspecified atom stereocenters. The van der Waals surface area contributed by atoms with Crippen LogP contribution in [0.5, 0.6) is 0 Å². The lowest BCUT2D eigenvalue weighted by atomic mass is 10.1. The number of nitrogens with one attached hydrogen (secondary N) is 3. The van der Waals surface area contributed by atoms with Gasteiger partial charge in [-0.3, -0.25) is 15.1 Å². The van der Waals surface area contributed by atoms with Crippen molar-refractivity contribution >= 4 is 22.1 Å². The fourth-order valence-corrected chi connectivity index (χ4v) is 5.29. The van der Waals surface area contributed by atoms with Crippen LogP contribution < -0.4 is 5.32 Å². The monoisotopic (exact) mass is 490 g/mol. The molecule has 0 amide bonds. The largest absolute Gasteiger partial charge is 0.472 e. The molecule has 9 nitrogen and oxygen atoms in total. The molecule has 0 atom stereocenters. The van der Waals surface area contributed by atoms with Crippen molar-refractivity contribution in [3.8, 4) is 33.8 Å². The molecular formula is C28H26N8O. The van der Waals surface area contributed by atoms with Crippen LogP contribution in [0.1, 0.15) is 31.2 Å². The minimum atomic E-state index is 0.654. The smallest absolute Gasteiger partial charge is 0.159 e. The molecule has 0 aromatic carbocycles. The van der Waals surface area contributed by atoms with Crippen LogP contribution in [0, 0.1) is 5.92 Å². The molecule has 184 valence electrons. The van der Waals surface area contributed by atoms with E-state index in [1.54, 1.807) is 24.9 Å². The third-order valence-electron chi connectivity index (χ3n) is 7.23. The maximum Gasteiger partial charge on any atom is 0.159 e. The lowest BCUT2D eigenvalue weighted by molar-refractivity contribution is 0.489. The minimum Gasteiger partial charge on any atom is -0.472 e. The highest BCUT2D eigenvalue weighted by Crippen LogP contribution is 2.32. The molecule has 0 saturated heterocycles. The molecule has 1 fully saturated rings. The van der Waals surface area contributed by atoms with E-state index in [2.05, 4.69) is 47.6 Å². The summed E-state index contributed by atoms with van der Waals surface area (Å²) in [4.78, 5) is 21.7. The van der Waals surface area contributed by atoms with Crippen LogP contribution in [0.4, 0.5) is 0 Å². The number of nitrogens with zero attached hydrogens (tertiary/aromatic N) is 5. The second-order valence-corrected chi connectivity index (χ2v) is 9.74. The Balaban J connectivity index is 1.20. The number of hydrogen-bond acceptors (Lipinski definition) is 7. The van der Waals surface area contributed by atoms with E-state index in [1.165, 1.54) is 31.2 Å². The average Bonchev–Trinajstić information content (AvgIpc) is 3.74. The zero-order valence-corrected chi connectivity index (χ0v) is 20.2. The van der Waals surface area contributed by atoms with Gasteiger partial charge in [0, 0.05) is 53.6 Å². The van der Waals surface area contributed by atoms with E-state index >= 15 is 0 Å². The highest BCUT2D eigenvalue weighted by atomic mass is 16.3. The van der Waals surface area contributed by atoms with E-state index in [-0.39, 0.29) is 0 Å². The number of aromatic nitrogens is 7. The van der Waals surface area contributed by atoms with Crippen molar-refractivity contribution in [3.63, 3.8) is 0 Å². The highest BCUT2D eigenvalue weighted by molar-refractivity contribution is 5.96. The third-order valence-corrected chi connectivity index (χ3v) is 7.23. The molecule has 0 aliphatic heterocycles. The molecule has 1 aliphatic rings. The summed E-state index contributed by atoms with van der Waals surface area (Å²) in [7, 11) is 0. The van der Waals surface area contributed by atoms with Gasteiger partial charge in [-0.05, 0) is 49.1 Å². The van der Waals surface area contributed by atoms with Crippen LogP contribution in [0.25, 0.3) is 55.8 Å². The van der Waals surface area contributed by atoms with Crippen LogP contribution >= 0.6 is 0 Å². The van der Waals surface area contributed by atoms with E-state index < -0.39 is 0 Å². The summed E-state index contributed by atoms with van der Waals surface area (Å²) >= 11 is 0. The Kier molecular flexibility index (Phi) is 5.47. The van der Waals surface area contributed by atoms with E-state index in [9.17, 15) is 0 Å². The van der Waals surface area contributed by atoms with Gasteiger partial charge in [0.05, 0.1) is 29.6 Å². The van der Waals surface area contributed by atoms with E-state index in [1.807, 2.05) is 24.7 Å². The molecule has 7 rings (SSSR count). The summed E-state index contributed by atoms with van der Waals surface area (Å²) in [5.41, 5.74) is 8.06. The third kappa shape index (κ3) is 4.17. The summed E-state index contributed by atoms with van der Waals surface area (Å²) in [6, 6.07) is 6.18. The molecule has 37 heavy (non-hydrogen) atoms. The predicted octanol–water partition coefficient (Wildman–Crippen LogP) is 5.50. The number of furan rings is 1. The fourth-order valence-electron chi connectivity index (χ4n) is 5.29. The van der Waals surface area contributed by atoms with Gasteiger partial charge in [-0.15, -0.1) is 0 Å². The predicted molar refractivity (Wildman–Crippen MR) is 141 cm³/mol. The standard InChI is InChI=1S/C28H26N8O/c1-2-4-17(3-1)9-29-10-18-7-20(12-30-11-18)21-8-22-26(35-36-27(22)32-13-21)28-33-24-15-31-14-23(25(24)34-28)19-5-6-37-16-19/h5-8,11-17,29H,1-4,9-10H2,(H,33,34)(H,32,35,36). The summed E-state index contributed by atoms with van der Waals surface area (Å²) < 4.78 is 5.26. The Morgan fingerprint density at radius 1 is 0.973 bits per heavy atom. The lowest BCUT2D eigenvalue weighted by Gasteiger charge is -2.11. The second kappa shape index (κ2) is 9.25. The normalized spacial score (nSPS) is 14.3. The average molecular weight is 491 g/mol. The first kappa shape index (κ1) is 21.9. The molecule has 1 saturated carbocycles. The number of imidazole rings is 1. The molecule has 6 heterocycles. The van der Waals surface area contributed by atoms with Crippen molar-refractivity contribution in [1.82, 2.24) is 40.4 Å². The number of rotatable bonds is 7. The molecule has 6 aromatic rings. The SMILES string of the molecule is c1cc(-c2cncc3[nH]c(-c4n[nH]c5ncc(-c6cncc(CNCC7CCCC7)c6)cc45)nc23)co1. The quantitative estimate of drug-likeness (QED) is 0.270. The molecule has 0 radical (unpaired) electrons. The molecule has 3 N–H and O–H groups in total. The zero-order valence-electron chi connectivity index (χ0n) is 20.2. The van der Waals surface area contributed by atoms with Crippen molar-refractivity contribution in [2.75, 3.05) is 6.54 Å². The summed E-state index contributed by atoms with van der Waals surface area (Å²) in [5.74, 6) is 1.47. The molecular weight excluding hydrogens is 464 g/mol. The Hall–Kier alpha value is -4.37. The molecule has 0 bridgehead atoms. The van der Waals surface area contributed by atoms with Crippen molar-refractivity contribution < 1.29 is 4.42 Å². The van der Waals surface area contributed by atoms with Crippen LogP contribution in [0.2, 0.25) is 0 Å². The summed E-state index contributed by atoms with van der Waals surface area (Å²) in [6.07, 6.45) is 18.0. The topological polar surface area (TPSA) is 121 Å². The van der Waals surface area contributed by atoms with Gasteiger partial charge >= 0.3 is 0 Å². The van der Waals surface area contributed by atoms with Crippen LogP contribution in [0.15, 0.2) is 66.1 Å². The van der Waals surface area contributed by atoms with Gasteiger partial charge in [0.25, 0.3) is 0 Å². The highest BCUT2D eigenvalue weighted by Gasteiger charge is 2.17. The lowest BCUT2D eigenvalue weighted by Crippen LogP contribution is -2.20. The maximum atomic E-state index is 5.26. The fraction of sp³-hybridized carbons (Fsp3) is 0.250. The maximum absolute atomic E-state index is 5.26. The minimum absolute atomic E-state index is 0.654. The molecule has 0 spiro atoms. The molecule has 6 aromatic heterocycles. The first-order chi connectivity index (χ1) is 18.3. The van der Waals surface area contributed by atoms with E-state index in [0.29, 0.717) is 17.2 Å². The van der Waals surface area contributed by atoms with Gasteiger partial charge < -0.3 is 14.7 Å². The van der Waals surface area contributed by atoms with Crippen molar-refractivity contribution in [2.24, 2.45) is 5.92 Å². The van der Waals surface area contributed by atoms with Crippen LogP contribution in [-0.2, 0) is 6.54 Å². The summed E-state index contributed by atoms with van der Waals surface area (Å²) in [6.45, 7) is 1.89.